The van der Waals surface area contributed by atoms with E-state index in [-0.39, 0.29) is 39.1 Å². The van der Waals surface area contributed by atoms with Crippen LogP contribution in [0.15, 0.2) is 70.6 Å². The summed E-state index contributed by atoms with van der Waals surface area (Å²) in [6.07, 6.45) is 0. The summed E-state index contributed by atoms with van der Waals surface area (Å²) in [5.74, 6) is -2.49. The van der Waals surface area contributed by atoms with Crippen molar-refractivity contribution in [3.8, 4) is 11.4 Å². The van der Waals surface area contributed by atoms with Crippen LogP contribution in [0.5, 0.6) is 5.75 Å². The van der Waals surface area contributed by atoms with Gasteiger partial charge in [-0.05, 0) is 36.4 Å². The van der Waals surface area contributed by atoms with E-state index in [0.717, 1.165) is 28.5 Å². The van der Waals surface area contributed by atoms with Crippen molar-refractivity contribution in [2.45, 2.75) is 5.16 Å². The largest absolute Gasteiger partial charge is 0.496 e. The first-order chi connectivity index (χ1) is 16.8. The first kappa shape index (κ1) is 23.8. The van der Waals surface area contributed by atoms with E-state index in [9.17, 15) is 28.5 Å². The van der Waals surface area contributed by atoms with Crippen molar-refractivity contribution in [3.63, 3.8) is 0 Å². The van der Waals surface area contributed by atoms with E-state index >= 15 is 0 Å². The number of hydrogen-bond acceptors (Lipinski definition) is 7. The fraction of sp³-hybridized carbons (Fsp3) is 0.0870. The van der Waals surface area contributed by atoms with Crippen molar-refractivity contribution >= 4 is 39.9 Å². The number of hydrogen-bond donors (Lipinski definition) is 1. The monoisotopic (exact) mass is 498 g/mol. The highest BCUT2D eigenvalue weighted by molar-refractivity contribution is 7.99. The molecule has 12 heteroatoms. The summed E-state index contributed by atoms with van der Waals surface area (Å²) < 4.78 is 34.0. The van der Waals surface area contributed by atoms with Gasteiger partial charge in [0.1, 0.15) is 23.1 Å². The third-order valence-electron chi connectivity index (χ3n) is 4.90. The SMILES string of the molecule is COc1ccc(NC(=O)CSc2nc3ccccc3c(=O)n2-c2ccc(F)cc2F)c([N+](=O)[O-])c1. The zero-order valence-corrected chi connectivity index (χ0v) is 18.8. The molecule has 9 nitrogen and oxygen atoms in total. The predicted molar refractivity (Wildman–Crippen MR) is 126 cm³/mol. The van der Waals surface area contributed by atoms with Crippen molar-refractivity contribution in [2.24, 2.45) is 0 Å². The molecular weight excluding hydrogens is 482 g/mol. The number of para-hydroxylation sites is 1. The molecule has 0 aliphatic rings. The number of nitrogens with zero attached hydrogens (tertiary/aromatic N) is 3. The van der Waals surface area contributed by atoms with Gasteiger partial charge in [0.05, 0.1) is 40.4 Å². The number of carbonyl (C=O) groups is 1. The normalized spacial score (nSPS) is 10.8. The van der Waals surface area contributed by atoms with Gasteiger partial charge in [0.25, 0.3) is 11.2 Å². The van der Waals surface area contributed by atoms with Gasteiger partial charge in [0.2, 0.25) is 5.91 Å². The Balaban J connectivity index is 1.67. The number of rotatable bonds is 7. The van der Waals surface area contributed by atoms with E-state index in [1.165, 1.54) is 31.4 Å². The molecule has 1 N–H and O–H groups in total. The topological polar surface area (TPSA) is 116 Å². The van der Waals surface area contributed by atoms with Crippen LogP contribution in [0.2, 0.25) is 0 Å². The van der Waals surface area contributed by atoms with Crippen molar-refractivity contribution in [2.75, 3.05) is 18.2 Å². The number of carbonyl (C=O) groups excluding carboxylic acids is 1. The second-order valence-corrected chi connectivity index (χ2v) is 8.07. The van der Waals surface area contributed by atoms with Crippen molar-refractivity contribution in [1.82, 2.24) is 9.55 Å². The molecule has 35 heavy (non-hydrogen) atoms. The molecule has 1 heterocycles. The molecule has 0 aliphatic heterocycles. The van der Waals surface area contributed by atoms with Gasteiger partial charge < -0.3 is 10.1 Å². The second-order valence-electron chi connectivity index (χ2n) is 7.12. The number of anilines is 1. The van der Waals surface area contributed by atoms with E-state index < -0.39 is 28.0 Å². The number of nitrogens with one attached hydrogen (secondary N) is 1. The Hall–Kier alpha value is -4.32. The Labute approximate surface area is 200 Å². The first-order valence-corrected chi connectivity index (χ1v) is 11.0. The molecule has 1 amide bonds. The number of methoxy groups -OCH3 is 1. The summed E-state index contributed by atoms with van der Waals surface area (Å²) in [6.45, 7) is 0. The Morgan fingerprint density at radius 3 is 2.66 bits per heavy atom. The second kappa shape index (κ2) is 9.89. The van der Waals surface area contributed by atoms with Crippen molar-refractivity contribution in [3.05, 3.63) is 92.8 Å². The molecule has 178 valence electrons. The summed E-state index contributed by atoms with van der Waals surface area (Å²) >= 11 is 0.818. The minimum absolute atomic E-state index is 0.0152. The fourth-order valence-corrected chi connectivity index (χ4v) is 4.10. The molecule has 0 unspecified atom stereocenters. The zero-order valence-electron chi connectivity index (χ0n) is 18.0. The van der Waals surface area contributed by atoms with Gasteiger partial charge in [-0.3, -0.25) is 24.3 Å². The van der Waals surface area contributed by atoms with Gasteiger partial charge in [-0.15, -0.1) is 0 Å². The maximum Gasteiger partial charge on any atom is 0.296 e. The molecule has 0 aliphatic carbocycles. The molecule has 0 fully saturated rings. The quantitative estimate of drug-likeness (QED) is 0.175. The lowest BCUT2D eigenvalue weighted by Gasteiger charge is -2.14. The maximum atomic E-state index is 14.6. The van der Waals surface area contributed by atoms with Crippen LogP contribution in [0.4, 0.5) is 20.2 Å². The smallest absolute Gasteiger partial charge is 0.296 e. The molecule has 0 saturated heterocycles. The fourth-order valence-electron chi connectivity index (χ4n) is 3.30. The molecule has 0 bridgehead atoms. The Morgan fingerprint density at radius 2 is 1.94 bits per heavy atom. The number of nitro groups is 1. The highest BCUT2D eigenvalue weighted by Crippen LogP contribution is 2.29. The van der Waals surface area contributed by atoms with Gasteiger partial charge in [0.15, 0.2) is 5.16 Å². The highest BCUT2D eigenvalue weighted by atomic mass is 32.2. The molecule has 0 atom stereocenters. The summed E-state index contributed by atoms with van der Waals surface area (Å²) in [7, 11) is 1.36. The van der Waals surface area contributed by atoms with Gasteiger partial charge in [-0.25, -0.2) is 13.8 Å². The molecule has 0 radical (unpaired) electrons. The molecule has 1 aromatic heterocycles. The van der Waals surface area contributed by atoms with E-state index in [2.05, 4.69) is 10.3 Å². The van der Waals surface area contributed by atoms with Crippen LogP contribution in [0.1, 0.15) is 0 Å². The third-order valence-corrected chi connectivity index (χ3v) is 5.84. The Kier molecular flexibility index (Phi) is 6.73. The minimum Gasteiger partial charge on any atom is -0.496 e. The van der Waals surface area contributed by atoms with E-state index in [4.69, 9.17) is 4.74 Å². The van der Waals surface area contributed by atoms with E-state index in [1.54, 1.807) is 18.2 Å². The predicted octanol–water partition coefficient (Wildman–Crippen LogP) is 4.31. The summed E-state index contributed by atoms with van der Waals surface area (Å²) in [5.41, 5.74) is -0.921. The van der Waals surface area contributed by atoms with Crippen LogP contribution in [-0.4, -0.2) is 33.2 Å². The summed E-state index contributed by atoms with van der Waals surface area (Å²) in [4.78, 5) is 40.8. The number of aromatic nitrogens is 2. The molecule has 4 rings (SSSR count). The standard InChI is InChI=1S/C23H16F2N4O5S/c1-34-14-7-8-18(20(11-14)29(32)33)26-21(30)12-35-23-27-17-5-3-2-4-15(17)22(31)28(23)19-9-6-13(24)10-16(19)25/h2-11H,12H2,1H3,(H,26,30). The van der Waals surface area contributed by atoms with Crippen LogP contribution < -0.4 is 15.6 Å². The van der Waals surface area contributed by atoms with Crippen LogP contribution in [-0.2, 0) is 4.79 Å². The molecule has 0 spiro atoms. The number of fused-ring (bicyclic) bond motifs is 1. The van der Waals surface area contributed by atoms with Crippen LogP contribution in [0, 0.1) is 21.7 Å². The zero-order chi connectivity index (χ0) is 25.1. The lowest BCUT2D eigenvalue weighted by atomic mass is 10.2. The van der Waals surface area contributed by atoms with Gasteiger partial charge in [0, 0.05) is 6.07 Å². The molecule has 3 aromatic carbocycles. The lowest BCUT2D eigenvalue weighted by molar-refractivity contribution is -0.384. The van der Waals surface area contributed by atoms with E-state index in [0.29, 0.717) is 11.6 Å². The van der Waals surface area contributed by atoms with Crippen LogP contribution in [0.25, 0.3) is 16.6 Å². The number of ether oxygens (including phenoxy) is 1. The molecule has 4 aromatic rings. The minimum atomic E-state index is -0.982. The Morgan fingerprint density at radius 1 is 1.17 bits per heavy atom. The van der Waals surface area contributed by atoms with E-state index in [1.807, 2.05) is 0 Å². The molecule has 0 saturated carbocycles. The Bertz CT molecular complexity index is 1530. The number of nitro benzene ring substituents is 1. The van der Waals surface area contributed by atoms with Gasteiger partial charge >= 0.3 is 0 Å². The highest BCUT2D eigenvalue weighted by Gasteiger charge is 2.20. The number of amides is 1. The first-order valence-electron chi connectivity index (χ1n) is 10.0. The average molecular weight is 498 g/mol. The van der Waals surface area contributed by atoms with Crippen LogP contribution in [0.3, 0.4) is 0 Å². The van der Waals surface area contributed by atoms with Crippen LogP contribution >= 0.6 is 11.8 Å². The lowest BCUT2D eigenvalue weighted by Crippen LogP contribution is -2.24. The number of halogens is 2. The summed E-state index contributed by atoms with van der Waals surface area (Å²) in [5, 5.41) is 14.0. The van der Waals surface area contributed by atoms with Gasteiger partial charge in [-0.2, -0.15) is 0 Å². The molecular formula is C23H16F2N4O5S. The van der Waals surface area contributed by atoms with Crippen molar-refractivity contribution in [1.29, 1.82) is 0 Å². The number of benzene rings is 3. The maximum absolute atomic E-state index is 14.6. The van der Waals surface area contributed by atoms with Gasteiger partial charge in [-0.1, -0.05) is 23.9 Å². The summed E-state index contributed by atoms with van der Waals surface area (Å²) in [6, 6.07) is 13.1. The third kappa shape index (κ3) is 4.96. The number of thioether (sulfide) groups is 1. The average Bonchev–Trinajstić information content (AvgIpc) is 2.83. The van der Waals surface area contributed by atoms with Crippen molar-refractivity contribution < 1.29 is 23.2 Å².